The van der Waals surface area contributed by atoms with Gasteiger partial charge in [0.25, 0.3) is 0 Å². The van der Waals surface area contributed by atoms with E-state index in [2.05, 4.69) is 5.32 Å². The summed E-state index contributed by atoms with van der Waals surface area (Å²) in [5, 5.41) is 2.58. The van der Waals surface area contributed by atoms with Gasteiger partial charge in [-0.05, 0) is 43.9 Å². The van der Waals surface area contributed by atoms with Gasteiger partial charge in [-0.3, -0.25) is 19.2 Å². The first-order valence-corrected chi connectivity index (χ1v) is 9.22. The largest absolute Gasteiger partial charge is 0.466 e. The summed E-state index contributed by atoms with van der Waals surface area (Å²) in [6, 6.07) is 6.23. The number of piperidine rings is 1. The number of hydrogen-bond acceptors (Lipinski definition) is 5. The highest BCUT2D eigenvalue weighted by atomic mass is 16.5. The molecule has 8 heteroatoms. The monoisotopic (exact) mass is 387 g/mol. The van der Waals surface area contributed by atoms with E-state index in [0.29, 0.717) is 31.8 Å². The molecule has 1 aliphatic rings. The van der Waals surface area contributed by atoms with Crippen LogP contribution in [0.1, 0.15) is 36.5 Å². The number of anilines is 1. The summed E-state index contributed by atoms with van der Waals surface area (Å²) < 4.78 is 4.95. The Morgan fingerprint density at radius 3 is 2.57 bits per heavy atom. The van der Waals surface area contributed by atoms with Crippen molar-refractivity contribution in [3.8, 4) is 0 Å². The molecule has 3 amide bonds. The second kappa shape index (κ2) is 10.2. The summed E-state index contributed by atoms with van der Waals surface area (Å²) in [4.78, 5) is 48.6. The minimum atomic E-state index is -0.590. The summed E-state index contributed by atoms with van der Waals surface area (Å²) >= 11 is 0. The molecule has 0 bridgehead atoms. The predicted molar refractivity (Wildman–Crippen MR) is 103 cm³/mol. The number of amides is 3. The number of carbonyl (C=O) groups excluding carboxylic acids is 4. The lowest BCUT2D eigenvalue weighted by Crippen LogP contribution is -2.38. The zero-order valence-electron chi connectivity index (χ0n) is 15.8. The van der Waals surface area contributed by atoms with Crippen molar-refractivity contribution in [3.63, 3.8) is 0 Å². The fourth-order valence-corrected chi connectivity index (χ4v) is 3.00. The summed E-state index contributed by atoms with van der Waals surface area (Å²) in [5.74, 6) is -1.31. The Kier molecular flexibility index (Phi) is 7.74. The van der Waals surface area contributed by atoms with Gasteiger partial charge in [0.2, 0.25) is 17.7 Å². The van der Waals surface area contributed by atoms with Gasteiger partial charge in [-0.1, -0.05) is 6.07 Å². The van der Waals surface area contributed by atoms with E-state index in [0.717, 1.165) is 18.9 Å². The molecule has 1 fully saturated rings. The molecule has 1 aromatic rings. The summed E-state index contributed by atoms with van der Waals surface area (Å²) in [6.07, 6.45) is 4.20. The Morgan fingerprint density at radius 2 is 1.93 bits per heavy atom. The number of nitrogens with one attached hydrogen (secondary N) is 1. The van der Waals surface area contributed by atoms with Crippen LogP contribution < -0.4 is 11.1 Å². The van der Waals surface area contributed by atoms with Gasteiger partial charge in [-0.25, -0.2) is 0 Å². The molecule has 0 unspecified atom stereocenters. The van der Waals surface area contributed by atoms with E-state index in [1.807, 2.05) is 0 Å². The lowest BCUT2D eigenvalue weighted by atomic mass is 9.93. The van der Waals surface area contributed by atoms with E-state index in [9.17, 15) is 19.2 Å². The van der Waals surface area contributed by atoms with E-state index in [-0.39, 0.29) is 23.4 Å². The van der Waals surface area contributed by atoms with Crippen molar-refractivity contribution in [1.29, 1.82) is 0 Å². The smallest absolute Gasteiger partial charge is 0.306 e. The number of likely N-dealkylation sites (tertiary alicyclic amines) is 1. The van der Waals surface area contributed by atoms with Crippen molar-refractivity contribution in [2.24, 2.45) is 11.7 Å². The Bertz CT molecular complexity index is 767. The molecule has 0 atom stereocenters. The lowest BCUT2D eigenvalue weighted by Gasteiger charge is -2.30. The molecule has 0 spiro atoms. The third-order valence-electron chi connectivity index (χ3n) is 4.48. The Morgan fingerprint density at radius 1 is 1.21 bits per heavy atom. The quantitative estimate of drug-likeness (QED) is 0.542. The predicted octanol–water partition coefficient (Wildman–Crippen LogP) is 1.47. The maximum atomic E-state index is 12.2. The number of esters is 1. The minimum absolute atomic E-state index is 0.204. The number of nitrogens with two attached hydrogens (primary N) is 1. The third kappa shape index (κ3) is 6.53. The summed E-state index contributed by atoms with van der Waals surface area (Å²) in [5.41, 5.74) is 5.90. The molecule has 0 saturated carbocycles. The number of nitrogens with zero attached hydrogens (tertiary/aromatic N) is 1. The molecular weight excluding hydrogens is 362 g/mol. The zero-order valence-corrected chi connectivity index (χ0v) is 15.8. The molecule has 1 aromatic carbocycles. The van der Waals surface area contributed by atoms with Gasteiger partial charge >= 0.3 is 5.97 Å². The molecular formula is C20H25N3O5. The fraction of sp³-hybridized carbons (Fsp3) is 0.400. The van der Waals surface area contributed by atoms with Gasteiger partial charge in [0.1, 0.15) is 0 Å². The van der Waals surface area contributed by atoms with E-state index in [1.54, 1.807) is 30.0 Å². The molecule has 8 nitrogen and oxygen atoms in total. The number of primary amides is 1. The molecule has 2 rings (SSSR count). The van der Waals surface area contributed by atoms with Crippen LogP contribution in [0.15, 0.2) is 36.4 Å². The summed E-state index contributed by atoms with van der Waals surface area (Å²) in [6.45, 7) is 3.22. The van der Waals surface area contributed by atoms with Crippen molar-refractivity contribution < 1.29 is 23.9 Å². The van der Waals surface area contributed by atoms with Gasteiger partial charge in [0.15, 0.2) is 0 Å². The maximum absolute atomic E-state index is 12.2. The lowest BCUT2D eigenvalue weighted by molar-refractivity contribution is -0.144. The van der Waals surface area contributed by atoms with Crippen molar-refractivity contribution in [3.05, 3.63) is 42.0 Å². The number of ether oxygens (including phenoxy) is 1. The van der Waals surface area contributed by atoms with Crippen molar-refractivity contribution in [2.45, 2.75) is 26.2 Å². The van der Waals surface area contributed by atoms with E-state index in [1.165, 1.54) is 12.1 Å². The molecule has 0 aromatic heterocycles. The van der Waals surface area contributed by atoms with Crippen LogP contribution in [-0.2, 0) is 19.1 Å². The second-order valence-corrected chi connectivity index (χ2v) is 6.55. The van der Waals surface area contributed by atoms with E-state index >= 15 is 0 Å². The molecule has 1 saturated heterocycles. The molecule has 0 radical (unpaired) electrons. The minimum Gasteiger partial charge on any atom is -0.466 e. The van der Waals surface area contributed by atoms with Crippen molar-refractivity contribution in [1.82, 2.24) is 4.90 Å². The first-order valence-electron chi connectivity index (χ1n) is 9.22. The first-order chi connectivity index (χ1) is 13.4. The van der Waals surface area contributed by atoms with Crippen LogP contribution in [0.5, 0.6) is 0 Å². The van der Waals surface area contributed by atoms with Crippen LogP contribution in [0.4, 0.5) is 5.69 Å². The van der Waals surface area contributed by atoms with Gasteiger partial charge in [0.05, 0.1) is 6.61 Å². The molecule has 150 valence electrons. The van der Waals surface area contributed by atoms with Crippen LogP contribution in [-0.4, -0.2) is 48.3 Å². The van der Waals surface area contributed by atoms with E-state index < -0.39 is 11.8 Å². The van der Waals surface area contributed by atoms with Crippen LogP contribution in [0.2, 0.25) is 0 Å². The van der Waals surface area contributed by atoms with Crippen molar-refractivity contribution in [2.75, 3.05) is 25.0 Å². The highest BCUT2D eigenvalue weighted by Gasteiger charge is 2.23. The number of carbonyl (C=O) groups is 4. The molecule has 3 N–H and O–H groups in total. The molecule has 1 heterocycles. The SMILES string of the molecule is CCOC(=O)CC1CCN(C(=O)/C=C\C(=O)Nc2cccc(C(N)=O)c2)CC1. The second-order valence-electron chi connectivity index (χ2n) is 6.55. The van der Waals surface area contributed by atoms with Gasteiger partial charge < -0.3 is 20.7 Å². The average Bonchev–Trinajstić information content (AvgIpc) is 2.67. The standard InChI is InChI=1S/C20H25N3O5/c1-2-28-19(26)12-14-8-10-23(11-9-14)18(25)7-6-17(24)22-16-5-3-4-15(13-16)20(21)27/h3-7,13-14H,2,8-12H2,1H3,(H2,21,27)(H,22,24)/b7-6-. The highest BCUT2D eigenvalue weighted by Crippen LogP contribution is 2.21. The topological polar surface area (TPSA) is 119 Å². The zero-order chi connectivity index (χ0) is 20.5. The van der Waals surface area contributed by atoms with Crippen LogP contribution >= 0.6 is 0 Å². The van der Waals surface area contributed by atoms with Crippen LogP contribution in [0.3, 0.4) is 0 Å². The molecule has 1 aliphatic heterocycles. The molecule has 28 heavy (non-hydrogen) atoms. The Hall–Kier alpha value is -3.16. The van der Waals surface area contributed by atoms with Gasteiger partial charge in [-0.15, -0.1) is 0 Å². The molecule has 0 aliphatic carbocycles. The average molecular weight is 387 g/mol. The van der Waals surface area contributed by atoms with E-state index in [4.69, 9.17) is 10.5 Å². The fourth-order valence-electron chi connectivity index (χ4n) is 3.00. The number of benzene rings is 1. The highest BCUT2D eigenvalue weighted by molar-refractivity contribution is 6.04. The Labute approximate surface area is 163 Å². The van der Waals surface area contributed by atoms with Crippen molar-refractivity contribution >= 4 is 29.4 Å². The third-order valence-corrected chi connectivity index (χ3v) is 4.48. The van der Waals surface area contributed by atoms with Gasteiger partial charge in [-0.2, -0.15) is 0 Å². The number of hydrogen-bond donors (Lipinski definition) is 2. The number of rotatable bonds is 7. The van der Waals surface area contributed by atoms with Crippen LogP contribution in [0, 0.1) is 5.92 Å². The summed E-state index contributed by atoms with van der Waals surface area (Å²) in [7, 11) is 0. The normalized spacial score (nSPS) is 14.7. The Balaban J connectivity index is 1.80. The maximum Gasteiger partial charge on any atom is 0.306 e. The van der Waals surface area contributed by atoms with Crippen LogP contribution in [0.25, 0.3) is 0 Å². The first kappa shape index (κ1) is 21.1. The van der Waals surface area contributed by atoms with Gasteiger partial charge in [0, 0.05) is 42.9 Å².